The first-order valence-corrected chi connectivity index (χ1v) is 10.9. The maximum absolute atomic E-state index is 4.83. The van der Waals surface area contributed by atoms with Crippen LogP contribution in [-0.4, -0.2) is 48.6 Å². The summed E-state index contributed by atoms with van der Waals surface area (Å²) in [6.45, 7) is 8.22. The van der Waals surface area contributed by atoms with Gasteiger partial charge in [-0.15, -0.1) is 35.3 Å². The van der Waals surface area contributed by atoms with Crippen molar-refractivity contribution in [3.8, 4) is 0 Å². The summed E-state index contributed by atoms with van der Waals surface area (Å²) in [5.41, 5.74) is 1.11. The number of nitrogens with zero attached hydrogens (tertiary/aromatic N) is 3. The van der Waals surface area contributed by atoms with E-state index < -0.39 is 0 Å². The van der Waals surface area contributed by atoms with Gasteiger partial charge in [0.05, 0.1) is 0 Å². The molecule has 1 aliphatic heterocycles. The maximum Gasteiger partial charge on any atom is 0.191 e. The van der Waals surface area contributed by atoms with Crippen LogP contribution in [-0.2, 0) is 13.0 Å². The molecule has 2 N–H and O–H groups in total. The van der Waals surface area contributed by atoms with Gasteiger partial charge < -0.3 is 10.6 Å². The number of thiophene rings is 1. The van der Waals surface area contributed by atoms with Crippen molar-refractivity contribution < 1.29 is 0 Å². The first-order chi connectivity index (χ1) is 13.3. The molecule has 0 saturated carbocycles. The number of nitrogens with one attached hydrogen (secondary N) is 2. The molecule has 0 unspecified atom stereocenters. The summed E-state index contributed by atoms with van der Waals surface area (Å²) in [4.78, 5) is 13.2. The number of piperidine rings is 1. The lowest BCUT2D eigenvalue weighted by Gasteiger charge is -2.31. The van der Waals surface area contributed by atoms with Gasteiger partial charge in [0.2, 0.25) is 0 Å². The van der Waals surface area contributed by atoms with Gasteiger partial charge in [0.25, 0.3) is 0 Å². The SMILES string of the molecule is CCNC(=NCC1CCN(Cc2cccs2)CC1)NCCc1ccccn1.I. The molecule has 0 spiro atoms. The second-order valence-electron chi connectivity index (χ2n) is 7.02. The molecular weight excluding hydrogens is 481 g/mol. The van der Waals surface area contributed by atoms with E-state index in [1.807, 2.05) is 29.7 Å². The molecule has 3 rings (SSSR count). The van der Waals surface area contributed by atoms with Gasteiger partial charge in [-0.25, -0.2) is 0 Å². The number of guanidine groups is 1. The lowest BCUT2D eigenvalue weighted by molar-refractivity contribution is 0.182. The Morgan fingerprint density at radius 3 is 2.75 bits per heavy atom. The van der Waals surface area contributed by atoms with E-state index in [1.54, 1.807) is 0 Å². The maximum atomic E-state index is 4.83. The van der Waals surface area contributed by atoms with Gasteiger partial charge in [-0.05, 0) is 62.4 Å². The summed E-state index contributed by atoms with van der Waals surface area (Å²) in [5, 5.41) is 8.96. The Morgan fingerprint density at radius 2 is 2.07 bits per heavy atom. The molecule has 28 heavy (non-hydrogen) atoms. The van der Waals surface area contributed by atoms with Crippen LogP contribution in [0.2, 0.25) is 0 Å². The van der Waals surface area contributed by atoms with Crippen LogP contribution < -0.4 is 10.6 Å². The van der Waals surface area contributed by atoms with Crippen molar-refractivity contribution in [2.75, 3.05) is 32.7 Å². The van der Waals surface area contributed by atoms with Crippen LogP contribution in [0.25, 0.3) is 0 Å². The molecular formula is C21H32IN5S. The first kappa shape index (κ1) is 23.1. The summed E-state index contributed by atoms with van der Waals surface area (Å²) in [5.74, 6) is 1.62. The van der Waals surface area contributed by atoms with E-state index >= 15 is 0 Å². The highest BCUT2D eigenvalue weighted by atomic mass is 127. The Labute approximate surface area is 190 Å². The van der Waals surface area contributed by atoms with Crippen LogP contribution in [0.3, 0.4) is 0 Å². The fourth-order valence-corrected chi connectivity index (χ4v) is 4.11. The van der Waals surface area contributed by atoms with E-state index in [4.69, 9.17) is 4.99 Å². The van der Waals surface area contributed by atoms with Crippen LogP contribution in [0.4, 0.5) is 0 Å². The summed E-state index contributed by atoms with van der Waals surface area (Å²) < 4.78 is 0. The number of hydrogen-bond donors (Lipinski definition) is 2. The van der Waals surface area contributed by atoms with Gasteiger partial charge >= 0.3 is 0 Å². The monoisotopic (exact) mass is 513 g/mol. The van der Waals surface area contributed by atoms with Gasteiger partial charge in [-0.2, -0.15) is 0 Å². The average molecular weight is 513 g/mol. The molecule has 0 aromatic carbocycles. The molecule has 0 aliphatic carbocycles. The lowest BCUT2D eigenvalue weighted by atomic mass is 9.97. The van der Waals surface area contributed by atoms with Crippen molar-refractivity contribution >= 4 is 41.3 Å². The van der Waals surface area contributed by atoms with E-state index in [0.29, 0.717) is 5.92 Å². The fraction of sp³-hybridized carbons (Fsp3) is 0.524. The third-order valence-electron chi connectivity index (χ3n) is 4.92. The van der Waals surface area contributed by atoms with Gasteiger partial charge in [-0.3, -0.25) is 14.9 Å². The van der Waals surface area contributed by atoms with Crippen LogP contribution in [0.5, 0.6) is 0 Å². The number of hydrogen-bond acceptors (Lipinski definition) is 4. The normalized spacial score (nSPS) is 15.8. The first-order valence-electron chi connectivity index (χ1n) is 10.0. The highest BCUT2D eigenvalue weighted by molar-refractivity contribution is 14.0. The van der Waals surface area contributed by atoms with Crippen molar-refractivity contribution in [1.29, 1.82) is 0 Å². The molecule has 0 amide bonds. The fourth-order valence-electron chi connectivity index (χ4n) is 3.37. The van der Waals surface area contributed by atoms with E-state index in [1.165, 1.54) is 30.8 Å². The summed E-state index contributed by atoms with van der Waals surface area (Å²) in [7, 11) is 0. The molecule has 7 heteroatoms. The zero-order valence-electron chi connectivity index (χ0n) is 16.6. The second kappa shape index (κ2) is 13.1. The Kier molecular flexibility index (Phi) is 10.8. The number of likely N-dealkylation sites (tertiary alicyclic amines) is 1. The minimum atomic E-state index is 0. The van der Waals surface area contributed by atoms with Crippen molar-refractivity contribution in [3.05, 3.63) is 52.5 Å². The minimum Gasteiger partial charge on any atom is -0.357 e. The lowest BCUT2D eigenvalue weighted by Crippen LogP contribution is -2.39. The topological polar surface area (TPSA) is 52.6 Å². The largest absolute Gasteiger partial charge is 0.357 e. The summed E-state index contributed by atoms with van der Waals surface area (Å²) in [6.07, 6.45) is 5.23. The quantitative estimate of drug-likeness (QED) is 0.321. The van der Waals surface area contributed by atoms with Gasteiger partial charge in [0, 0.05) is 49.4 Å². The number of halogens is 1. The Morgan fingerprint density at radius 1 is 1.21 bits per heavy atom. The predicted molar refractivity (Wildman–Crippen MR) is 130 cm³/mol. The number of aromatic nitrogens is 1. The van der Waals surface area contributed by atoms with Crippen LogP contribution in [0.1, 0.15) is 30.3 Å². The molecule has 5 nitrogen and oxygen atoms in total. The summed E-state index contributed by atoms with van der Waals surface area (Å²) in [6, 6.07) is 10.4. The molecule has 1 fully saturated rings. The van der Waals surface area contributed by atoms with E-state index in [-0.39, 0.29) is 24.0 Å². The second-order valence-corrected chi connectivity index (χ2v) is 8.05. The Balaban J connectivity index is 0.00000280. The highest BCUT2D eigenvalue weighted by Crippen LogP contribution is 2.20. The zero-order chi connectivity index (χ0) is 18.7. The Hall–Kier alpha value is -1.19. The molecule has 0 atom stereocenters. The molecule has 154 valence electrons. The number of pyridine rings is 1. The van der Waals surface area contributed by atoms with Crippen molar-refractivity contribution in [2.45, 2.75) is 32.7 Å². The molecule has 0 radical (unpaired) electrons. The van der Waals surface area contributed by atoms with E-state index in [2.05, 4.69) is 51.0 Å². The number of aliphatic imine (C=N–C) groups is 1. The molecule has 1 aliphatic rings. The Bertz CT molecular complexity index is 669. The van der Waals surface area contributed by atoms with Gasteiger partial charge in [0.15, 0.2) is 5.96 Å². The van der Waals surface area contributed by atoms with Crippen LogP contribution >= 0.6 is 35.3 Å². The third kappa shape index (κ3) is 8.05. The smallest absolute Gasteiger partial charge is 0.191 e. The molecule has 2 aromatic heterocycles. The van der Waals surface area contributed by atoms with Gasteiger partial charge in [-0.1, -0.05) is 12.1 Å². The molecule has 1 saturated heterocycles. The number of rotatable bonds is 8. The van der Waals surface area contributed by atoms with Crippen molar-refractivity contribution in [2.24, 2.45) is 10.9 Å². The molecule has 2 aromatic rings. The van der Waals surface area contributed by atoms with Crippen molar-refractivity contribution in [1.82, 2.24) is 20.5 Å². The van der Waals surface area contributed by atoms with Crippen LogP contribution in [0.15, 0.2) is 46.9 Å². The third-order valence-corrected chi connectivity index (χ3v) is 5.78. The van der Waals surface area contributed by atoms with Crippen molar-refractivity contribution in [3.63, 3.8) is 0 Å². The van der Waals surface area contributed by atoms with Crippen LogP contribution in [0, 0.1) is 5.92 Å². The van der Waals surface area contributed by atoms with E-state index in [9.17, 15) is 0 Å². The average Bonchev–Trinajstić information content (AvgIpc) is 3.21. The van der Waals surface area contributed by atoms with E-state index in [0.717, 1.165) is 44.3 Å². The summed E-state index contributed by atoms with van der Waals surface area (Å²) >= 11 is 1.86. The van der Waals surface area contributed by atoms with Gasteiger partial charge in [0.1, 0.15) is 0 Å². The predicted octanol–water partition coefficient (Wildman–Crippen LogP) is 3.77. The standard InChI is InChI=1S/C21H31N5S.HI/c1-2-22-21(24-12-8-19-6-3-4-11-23-19)25-16-18-9-13-26(14-10-18)17-20-7-5-15-27-20;/h3-7,11,15,18H,2,8-10,12-14,16-17H2,1H3,(H2,22,24,25);1H. The zero-order valence-corrected chi connectivity index (χ0v) is 19.8. The minimum absolute atomic E-state index is 0. The molecule has 0 bridgehead atoms. The highest BCUT2D eigenvalue weighted by Gasteiger charge is 2.19. The molecule has 3 heterocycles.